The fourth-order valence-corrected chi connectivity index (χ4v) is 4.29. The van der Waals surface area contributed by atoms with Gasteiger partial charge in [-0.1, -0.05) is 41.8 Å². The molecule has 0 aliphatic heterocycles. The number of hydrogen-bond acceptors (Lipinski definition) is 0. The molecule has 0 saturated heterocycles. The summed E-state index contributed by atoms with van der Waals surface area (Å²) in [5, 5.41) is 15.3. The van der Waals surface area contributed by atoms with Crippen LogP contribution < -0.4 is 0 Å². The number of aryl methyl sites for hydroxylation is 1. The van der Waals surface area contributed by atoms with Gasteiger partial charge in [-0.05, 0) is 28.3 Å². The second-order valence-electron chi connectivity index (χ2n) is 7.49. The minimum absolute atomic E-state index is 0. The van der Waals surface area contributed by atoms with Crippen LogP contribution in [-0.2, 0) is 27.2 Å². The number of carboxylic acid groups (broad SMARTS) is 1. The first-order valence-corrected chi connectivity index (χ1v) is 9.80. The summed E-state index contributed by atoms with van der Waals surface area (Å²) < 4.78 is 4.42. The van der Waals surface area contributed by atoms with E-state index in [0.717, 1.165) is 5.69 Å². The van der Waals surface area contributed by atoms with Crippen molar-refractivity contribution in [3.63, 3.8) is 0 Å². The maximum atomic E-state index is 7.53. The molecule has 0 fully saturated rings. The Bertz CT molecular complexity index is 1530. The van der Waals surface area contributed by atoms with Gasteiger partial charge in [-0.3, -0.25) is 0 Å². The molecule has 5 heteroatoms. The van der Waals surface area contributed by atoms with Crippen LogP contribution >= 0.6 is 0 Å². The van der Waals surface area contributed by atoms with Gasteiger partial charge in [-0.15, -0.1) is 22.9 Å². The molecule has 1 radical (unpaired) electrons. The topological polar surface area (TPSA) is 51.5 Å². The summed E-state index contributed by atoms with van der Waals surface area (Å²) in [7, 11) is 2.09. The van der Waals surface area contributed by atoms with Crippen LogP contribution in [0, 0.1) is 6.07 Å². The molecule has 1 heterocycles. The third-order valence-corrected chi connectivity index (χ3v) is 5.48. The van der Waals surface area contributed by atoms with Gasteiger partial charge in [-0.25, -0.2) is 4.57 Å². The number of benzene rings is 5. The molecule has 0 atom stereocenters. The van der Waals surface area contributed by atoms with Crippen molar-refractivity contribution in [3.05, 3.63) is 85.2 Å². The van der Waals surface area contributed by atoms with Gasteiger partial charge in [0.25, 0.3) is 0 Å². The Morgan fingerprint density at radius 3 is 2.19 bits per heavy atom. The van der Waals surface area contributed by atoms with Crippen LogP contribution in [0.3, 0.4) is 0 Å². The molecule has 31 heavy (non-hydrogen) atoms. The Kier molecular flexibility index (Phi) is 5.48. The first-order valence-electron chi connectivity index (χ1n) is 9.80. The van der Waals surface area contributed by atoms with Crippen molar-refractivity contribution in [2.24, 2.45) is 7.05 Å². The van der Waals surface area contributed by atoms with Gasteiger partial charge in [0.15, 0.2) is 17.4 Å². The number of fused-ring (bicyclic) bond motifs is 1. The van der Waals surface area contributed by atoms with Gasteiger partial charge in [0.2, 0.25) is 0 Å². The quantitative estimate of drug-likeness (QED) is 0.143. The Hall–Kier alpha value is -3.27. The number of imidazole rings is 1. The molecule has 0 amide bonds. The molecule has 4 nitrogen and oxygen atoms in total. The molecule has 6 aromatic rings. The van der Waals surface area contributed by atoms with Gasteiger partial charge in [-0.2, -0.15) is 10.6 Å². The normalized spacial score (nSPS) is 10.9. The molecule has 2 N–H and O–H groups in total. The number of carboxylic acids is 1. The maximum Gasteiger partial charge on any atom is 0.477 e. The van der Waals surface area contributed by atoms with Crippen molar-refractivity contribution in [2.45, 2.75) is 6.92 Å². The van der Waals surface area contributed by atoms with E-state index in [1.54, 1.807) is 0 Å². The van der Waals surface area contributed by atoms with Crippen LogP contribution in [0.25, 0.3) is 49.0 Å². The monoisotopic (exact) mass is 586 g/mol. The maximum absolute atomic E-state index is 7.53. The molecule has 0 spiro atoms. The van der Waals surface area contributed by atoms with E-state index >= 15 is 0 Å². The first-order chi connectivity index (χ1) is 14.5. The molecular formula is C26H21IrN2O2+. The fraction of sp³-hybridized carbons (Fsp3) is 0.0769. The summed E-state index contributed by atoms with van der Waals surface area (Å²) in [5.74, 6) is -0.583. The Balaban J connectivity index is 0.000000429. The molecule has 5 aromatic carbocycles. The molecule has 0 aliphatic carbocycles. The van der Waals surface area contributed by atoms with Crippen LogP contribution in [0.1, 0.15) is 6.92 Å². The number of nitrogens with zero attached hydrogens (tertiary/aromatic N) is 2. The van der Waals surface area contributed by atoms with Crippen molar-refractivity contribution < 1.29 is 30.0 Å². The smallest absolute Gasteiger partial charge is 0.339 e. The molecular weight excluding hydrogens is 565 g/mol. The average Bonchev–Trinajstić information content (AvgIpc) is 3.08. The zero-order chi connectivity index (χ0) is 20.8. The second-order valence-corrected chi connectivity index (χ2v) is 7.49. The van der Waals surface area contributed by atoms with E-state index in [9.17, 15) is 0 Å². The van der Waals surface area contributed by atoms with Crippen LogP contribution in [0.2, 0.25) is 0 Å². The van der Waals surface area contributed by atoms with Gasteiger partial charge >= 0.3 is 5.97 Å². The van der Waals surface area contributed by atoms with Gasteiger partial charge < -0.3 is 9.90 Å². The first kappa shape index (κ1) is 21.0. The van der Waals surface area contributed by atoms with Gasteiger partial charge in [0.1, 0.15) is 0 Å². The standard InChI is InChI=1S/C24H16N2.C2H4O2.Ir/c1-25-15-26(22-8-3-2-7-21(22)25)20-14-12-18-10-9-16-5-4-6-17-11-13-19(20)24(18)23(16)17;1-2(3)4;/h2-13,15H,1H3;1H3,(H,3,4);/p+1. The number of rotatable bonds is 1. The van der Waals surface area contributed by atoms with Crippen LogP contribution in [0.15, 0.2) is 79.1 Å². The minimum atomic E-state index is -0.583. The largest absolute Gasteiger partial charge is 0.477 e. The van der Waals surface area contributed by atoms with Gasteiger partial charge in [0.05, 0.1) is 6.92 Å². The van der Waals surface area contributed by atoms with Crippen molar-refractivity contribution in [1.82, 2.24) is 9.13 Å². The minimum Gasteiger partial charge on any atom is -0.339 e. The predicted octanol–water partition coefficient (Wildman–Crippen LogP) is 6.01. The molecule has 0 bridgehead atoms. The van der Waals surface area contributed by atoms with Crippen molar-refractivity contribution in [2.75, 3.05) is 0 Å². The van der Waals surface area contributed by atoms with E-state index in [2.05, 4.69) is 101 Å². The summed E-state index contributed by atoms with van der Waals surface area (Å²) in [6.45, 7) is 1.19. The average molecular weight is 586 g/mol. The van der Waals surface area contributed by atoms with E-state index < -0.39 is 5.97 Å². The van der Waals surface area contributed by atoms with E-state index in [1.165, 1.54) is 50.3 Å². The fourth-order valence-electron chi connectivity index (χ4n) is 4.29. The molecule has 0 unspecified atom stereocenters. The second kappa shape index (κ2) is 8.10. The summed E-state index contributed by atoms with van der Waals surface area (Å²) in [6.07, 6.45) is 2.15. The third-order valence-electron chi connectivity index (χ3n) is 5.48. The zero-order valence-corrected chi connectivity index (χ0v) is 19.5. The number of para-hydroxylation sites is 2. The number of aromatic nitrogens is 2. The third kappa shape index (κ3) is 3.46. The summed E-state index contributed by atoms with van der Waals surface area (Å²) >= 11 is 0. The van der Waals surface area contributed by atoms with Crippen molar-refractivity contribution in [3.8, 4) is 5.69 Å². The zero-order valence-electron chi connectivity index (χ0n) is 17.1. The van der Waals surface area contributed by atoms with Crippen LogP contribution in [0.5, 0.6) is 0 Å². The molecule has 6 rings (SSSR count). The Labute approximate surface area is 193 Å². The Morgan fingerprint density at radius 1 is 0.871 bits per heavy atom. The van der Waals surface area contributed by atoms with Crippen LogP contribution in [0.4, 0.5) is 0 Å². The Morgan fingerprint density at radius 2 is 1.48 bits per heavy atom. The SMILES string of the molecule is CC(O)=[OH+].Cn1[cH+]n(-c2[c-]cc3ccc4cccc5ccc2c3c45)c2ccccc21.[Ir]. The molecule has 0 aliphatic rings. The van der Waals surface area contributed by atoms with E-state index in [1.807, 2.05) is 0 Å². The summed E-state index contributed by atoms with van der Waals surface area (Å²) in [4.78, 5) is 7.53. The number of hydrogen-bond donors (Lipinski definition) is 1. The van der Waals surface area contributed by atoms with E-state index in [-0.39, 0.29) is 20.1 Å². The summed E-state index contributed by atoms with van der Waals surface area (Å²) in [5.41, 5.74) is 3.51. The van der Waals surface area contributed by atoms with Gasteiger partial charge in [0, 0.05) is 45.0 Å². The number of aliphatic hydroxyl groups excluding tert-OH is 1. The predicted molar refractivity (Wildman–Crippen MR) is 124 cm³/mol. The van der Waals surface area contributed by atoms with Crippen molar-refractivity contribution >= 4 is 49.3 Å². The molecule has 0 saturated carbocycles. The number of aliphatic carboxylic acids is 1. The van der Waals surface area contributed by atoms with E-state index in [4.69, 9.17) is 9.90 Å². The van der Waals surface area contributed by atoms with E-state index in [0.29, 0.717) is 0 Å². The summed E-state index contributed by atoms with van der Waals surface area (Å²) in [6, 6.07) is 29.6. The van der Waals surface area contributed by atoms with Crippen molar-refractivity contribution in [1.29, 1.82) is 0 Å². The molecule has 155 valence electrons. The van der Waals surface area contributed by atoms with Crippen LogP contribution in [-0.4, -0.2) is 25.0 Å². The molecule has 1 aromatic heterocycles.